The summed E-state index contributed by atoms with van der Waals surface area (Å²) in [4.78, 5) is 2.55. The van der Waals surface area contributed by atoms with E-state index in [1.807, 2.05) is 6.07 Å². The molecule has 3 rings (SSSR count). The fourth-order valence-electron chi connectivity index (χ4n) is 2.84. The van der Waals surface area contributed by atoms with Crippen LogP contribution in [-0.2, 0) is 0 Å². The normalized spacial score (nSPS) is 20.6. The Bertz CT molecular complexity index is 444. The molecule has 0 spiro atoms. The number of nitrogens with one attached hydrogen (secondary N) is 1. The Morgan fingerprint density at radius 1 is 1.15 bits per heavy atom. The van der Waals surface area contributed by atoms with E-state index in [9.17, 15) is 0 Å². The van der Waals surface area contributed by atoms with Crippen molar-refractivity contribution in [3.05, 3.63) is 23.8 Å². The van der Waals surface area contributed by atoms with Gasteiger partial charge < -0.3 is 19.7 Å². The van der Waals surface area contributed by atoms with Gasteiger partial charge in [-0.25, -0.2) is 0 Å². The van der Waals surface area contributed by atoms with Crippen LogP contribution in [0, 0.1) is 0 Å². The molecule has 0 aromatic heterocycles. The van der Waals surface area contributed by atoms with Crippen molar-refractivity contribution in [1.82, 2.24) is 10.2 Å². The van der Waals surface area contributed by atoms with Gasteiger partial charge in [0.1, 0.15) is 13.2 Å². The second-order valence-corrected chi connectivity index (χ2v) is 5.68. The Balaban J connectivity index is 1.57. The minimum Gasteiger partial charge on any atom is -0.486 e. The second-order valence-electron chi connectivity index (χ2n) is 5.68. The molecule has 0 aliphatic carbocycles. The predicted octanol–water partition coefficient (Wildman–Crippen LogP) is 1.86. The number of ether oxygens (including phenoxy) is 2. The van der Waals surface area contributed by atoms with E-state index >= 15 is 0 Å². The zero-order chi connectivity index (χ0) is 13.8. The molecule has 1 fully saturated rings. The third-order valence-corrected chi connectivity index (χ3v) is 4.22. The number of fused-ring (bicyclic) bond motifs is 1. The van der Waals surface area contributed by atoms with Crippen LogP contribution in [0.1, 0.15) is 24.8 Å². The first-order valence-corrected chi connectivity index (χ1v) is 7.65. The molecular formula is C16H24N2O2. The minimum atomic E-state index is 0.556. The van der Waals surface area contributed by atoms with Crippen molar-refractivity contribution in [1.29, 1.82) is 0 Å². The van der Waals surface area contributed by atoms with Gasteiger partial charge in [-0.1, -0.05) is 13.0 Å². The van der Waals surface area contributed by atoms with Gasteiger partial charge in [-0.2, -0.15) is 0 Å². The van der Waals surface area contributed by atoms with Crippen molar-refractivity contribution < 1.29 is 9.47 Å². The number of benzene rings is 1. The molecule has 1 aromatic rings. The van der Waals surface area contributed by atoms with Gasteiger partial charge in [-0.3, -0.25) is 0 Å². The van der Waals surface area contributed by atoms with Gasteiger partial charge in [0.15, 0.2) is 11.5 Å². The Labute approximate surface area is 121 Å². The fraction of sp³-hybridized carbons (Fsp3) is 0.625. The van der Waals surface area contributed by atoms with E-state index in [0.717, 1.165) is 24.6 Å². The number of piperazine rings is 1. The lowest BCUT2D eigenvalue weighted by atomic mass is 9.97. The SMILES string of the molecule is CC(CCN1CCNCC1)c1ccc2c(c1)OCCO2. The van der Waals surface area contributed by atoms with Crippen LogP contribution in [0.3, 0.4) is 0 Å². The number of hydrogen-bond acceptors (Lipinski definition) is 4. The van der Waals surface area contributed by atoms with Crippen LogP contribution in [-0.4, -0.2) is 50.8 Å². The minimum absolute atomic E-state index is 0.556. The van der Waals surface area contributed by atoms with Crippen LogP contribution in [0.2, 0.25) is 0 Å². The van der Waals surface area contributed by atoms with Crippen LogP contribution < -0.4 is 14.8 Å². The molecule has 1 unspecified atom stereocenters. The van der Waals surface area contributed by atoms with E-state index < -0.39 is 0 Å². The van der Waals surface area contributed by atoms with E-state index in [4.69, 9.17) is 9.47 Å². The summed E-state index contributed by atoms with van der Waals surface area (Å²) in [6.45, 7) is 9.39. The van der Waals surface area contributed by atoms with Crippen molar-refractivity contribution in [3.63, 3.8) is 0 Å². The quantitative estimate of drug-likeness (QED) is 0.910. The van der Waals surface area contributed by atoms with Crippen molar-refractivity contribution >= 4 is 0 Å². The highest BCUT2D eigenvalue weighted by molar-refractivity contribution is 5.44. The van der Waals surface area contributed by atoms with Crippen LogP contribution >= 0.6 is 0 Å². The van der Waals surface area contributed by atoms with Gasteiger partial charge in [-0.15, -0.1) is 0 Å². The molecular weight excluding hydrogens is 252 g/mol. The average molecular weight is 276 g/mol. The summed E-state index contributed by atoms with van der Waals surface area (Å²) < 4.78 is 11.2. The van der Waals surface area contributed by atoms with Gasteiger partial charge in [0.25, 0.3) is 0 Å². The summed E-state index contributed by atoms with van der Waals surface area (Å²) in [6.07, 6.45) is 1.19. The van der Waals surface area contributed by atoms with Crippen LogP contribution in [0.4, 0.5) is 0 Å². The third-order valence-electron chi connectivity index (χ3n) is 4.22. The van der Waals surface area contributed by atoms with Gasteiger partial charge in [-0.05, 0) is 36.6 Å². The van der Waals surface area contributed by atoms with E-state index in [0.29, 0.717) is 19.1 Å². The zero-order valence-corrected chi connectivity index (χ0v) is 12.2. The summed E-state index contributed by atoms with van der Waals surface area (Å²) in [7, 11) is 0. The van der Waals surface area contributed by atoms with Crippen molar-refractivity contribution in [2.24, 2.45) is 0 Å². The maximum absolute atomic E-state index is 5.67. The molecule has 1 atom stereocenters. The lowest BCUT2D eigenvalue weighted by molar-refractivity contribution is 0.171. The number of nitrogens with zero attached hydrogens (tertiary/aromatic N) is 1. The topological polar surface area (TPSA) is 33.7 Å². The molecule has 2 aliphatic heterocycles. The first kappa shape index (κ1) is 13.7. The molecule has 0 radical (unpaired) electrons. The highest BCUT2D eigenvalue weighted by atomic mass is 16.6. The molecule has 110 valence electrons. The van der Waals surface area contributed by atoms with Crippen LogP contribution in [0.5, 0.6) is 11.5 Å². The van der Waals surface area contributed by atoms with Crippen molar-refractivity contribution in [2.75, 3.05) is 45.9 Å². The Morgan fingerprint density at radius 2 is 1.90 bits per heavy atom. The van der Waals surface area contributed by atoms with Gasteiger partial charge in [0.2, 0.25) is 0 Å². The van der Waals surface area contributed by atoms with Crippen molar-refractivity contribution in [2.45, 2.75) is 19.3 Å². The number of hydrogen-bond donors (Lipinski definition) is 1. The first-order valence-electron chi connectivity index (χ1n) is 7.65. The molecule has 1 aromatic carbocycles. The second kappa shape index (κ2) is 6.46. The van der Waals surface area contributed by atoms with E-state index in [1.165, 1.54) is 31.6 Å². The number of rotatable bonds is 4. The first-order chi connectivity index (χ1) is 9.83. The molecule has 2 heterocycles. The fourth-order valence-corrected chi connectivity index (χ4v) is 2.84. The summed E-state index contributed by atoms with van der Waals surface area (Å²) in [5.74, 6) is 2.35. The molecule has 0 saturated carbocycles. The predicted molar refractivity (Wildman–Crippen MR) is 79.8 cm³/mol. The summed E-state index contributed by atoms with van der Waals surface area (Å²) in [5, 5.41) is 3.40. The maximum atomic E-state index is 5.67. The van der Waals surface area contributed by atoms with E-state index in [2.05, 4.69) is 29.3 Å². The molecule has 4 nitrogen and oxygen atoms in total. The third kappa shape index (κ3) is 3.25. The highest BCUT2D eigenvalue weighted by Gasteiger charge is 2.16. The Morgan fingerprint density at radius 3 is 2.70 bits per heavy atom. The monoisotopic (exact) mass is 276 g/mol. The standard InChI is InChI=1S/C16H24N2O2/c1-13(4-7-18-8-5-17-6-9-18)14-2-3-15-16(12-14)20-11-10-19-15/h2-3,12-13,17H,4-11H2,1H3. The van der Waals surface area contributed by atoms with Crippen molar-refractivity contribution in [3.8, 4) is 11.5 Å². The van der Waals surface area contributed by atoms with E-state index in [1.54, 1.807) is 0 Å². The summed E-state index contributed by atoms with van der Waals surface area (Å²) in [6, 6.07) is 6.37. The molecule has 0 bridgehead atoms. The average Bonchev–Trinajstić information content (AvgIpc) is 2.53. The summed E-state index contributed by atoms with van der Waals surface area (Å²) in [5.41, 5.74) is 1.35. The Hall–Kier alpha value is -1.26. The molecule has 1 saturated heterocycles. The Kier molecular flexibility index (Phi) is 4.43. The lowest BCUT2D eigenvalue weighted by Crippen LogP contribution is -2.43. The zero-order valence-electron chi connectivity index (χ0n) is 12.2. The molecule has 20 heavy (non-hydrogen) atoms. The van der Waals surface area contributed by atoms with Crippen LogP contribution in [0.15, 0.2) is 18.2 Å². The lowest BCUT2D eigenvalue weighted by Gasteiger charge is -2.28. The largest absolute Gasteiger partial charge is 0.486 e. The molecule has 4 heteroatoms. The van der Waals surface area contributed by atoms with Gasteiger partial charge in [0.05, 0.1) is 0 Å². The van der Waals surface area contributed by atoms with Crippen LogP contribution in [0.25, 0.3) is 0 Å². The van der Waals surface area contributed by atoms with Gasteiger partial charge in [0, 0.05) is 26.2 Å². The smallest absolute Gasteiger partial charge is 0.161 e. The van der Waals surface area contributed by atoms with E-state index in [-0.39, 0.29) is 0 Å². The van der Waals surface area contributed by atoms with Gasteiger partial charge >= 0.3 is 0 Å². The molecule has 2 aliphatic rings. The summed E-state index contributed by atoms with van der Waals surface area (Å²) >= 11 is 0. The molecule has 1 N–H and O–H groups in total. The maximum Gasteiger partial charge on any atom is 0.161 e. The highest BCUT2D eigenvalue weighted by Crippen LogP contribution is 2.33. The molecule has 0 amide bonds.